The quantitative estimate of drug-likeness (QED) is 0.604. The maximum absolute atomic E-state index is 11.7. The van der Waals surface area contributed by atoms with Crippen molar-refractivity contribution in [2.24, 2.45) is 0 Å². The molecular formula is C8H14N2OS. The predicted molar refractivity (Wildman–Crippen MR) is 49.9 cm³/mol. The molecule has 0 aromatic rings. The van der Waals surface area contributed by atoms with E-state index in [2.05, 4.69) is 12.8 Å². The Hall–Kier alpha value is -0.220. The second kappa shape index (κ2) is 3.26. The number of carbonyl (C=O) groups excluding carboxylic acids is 1. The van der Waals surface area contributed by atoms with Crippen molar-refractivity contribution < 1.29 is 4.79 Å². The molecule has 0 aliphatic carbocycles. The number of carbonyl (C=O) groups is 1. The highest BCUT2D eigenvalue weighted by molar-refractivity contribution is 7.77. The summed E-state index contributed by atoms with van der Waals surface area (Å²) in [6.45, 7) is 2.86. The van der Waals surface area contributed by atoms with Gasteiger partial charge in [-0.05, 0) is 19.3 Å². The van der Waals surface area contributed by atoms with Gasteiger partial charge >= 0.3 is 0 Å². The highest BCUT2D eigenvalue weighted by Crippen LogP contribution is 2.22. The highest BCUT2D eigenvalue weighted by atomic mass is 32.1. The smallest absolute Gasteiger partial charge is 0.240 e. The predicted octanol–water partition coefficient (Wildman–Crippen LogP) is 0.528. The number of hydrogen-bond acceptors (Lipinski definition) is 3. The van der Waals surface area contributed by atoms with Gasteiger partial charge in [-0.1, -0.05) is 12.8 Å². The zero-order chi connectivity index (χ0) is 8.55. The summed E-state index contributed by atoms with van der Waals surface area (Å²) < 4.78 is 1.88. The van der Waals surface area contributed by atoms with Gasteiger partial charge in [-0.25, -0.2) is 4.31 Å². The van der Waals surface area contributed by atoms with E-state index < -0.39 is 0 Å². The average molecular weight is 186 g/mol. The summed E-state index contributed by atoms with van der Waals surface area (Å²) >= 11 is 4.27. The van der Waals surface area contributed by atoms with Crippen LogP contribution in [0.1, 0.15) is 19.3 Å². The molecule has 0 unspecified atom stereocenters. The van der Waals surface area contributed by atoms with Gasteiger partial charge in [0, 0.05) is 19.6 Å². The van der Waals surface area contributed by atoms with Gasteiger partial charge in [0.2, 0.25) is 5.91 Å². The second-order valence-electron chi connectivity index (χ2n) is 3.50. The Kier molecular flexibility index (Phi) is 2.28. The first-order valence-corrected chi connectivity index (χ1v) is 4.93. The molecule has 2 aliphatic rings. The Morgan fingerprint density at radius 1 is 1.25 bits per heavy atom. The van der Waals surface area contributed by atoms with Crippen LogP contribution in [0, 0.1) is 0 Å². The summed E-state index contributed by atoms with van der Waals surface area (Å²) in [5.41, 5.74) is 0. The summed E-state index contributed by atoms with van der Waals surface area (Å²) in [6.07, 6.45) is 3.26. The van der Waals surface area contributed by atoms with Crippen LogP contribution in [0.15, 0.2) is 0 Å². The van der Waals surface area contributed by atoms with Gasteiger partial charge in [-0.15, -0.1) is 0 Å². The normalized spacial score (nSPS) is 30.4. The number of nitrogens with zero attached hydrogens (tertiary/aromatic N) is 2. The lowest BCUT2D eigenvalue weighted by Gasteiger charge is -2.34. The van der Waals surface area contributed by atoms with Gasteiger partial charge in [0.1, 0.15) is 0 Å². The van der Waals surface area contributed by atoms with E-state index >= 15 is 0 Å². The van der Waals surface area contributed by atoms with Crippen molar-refractivity contribution in [3.8, 4) is 0 Å². The molecule has 2 saturated heterocycles. The first-order valence-electron chi connectivity index (χ1n) is 4.53. The molecule has 4 heteroatoms. The van der Waals surface area contributed by atoms with Gasteiger partial charge in [-0.2, -0.15) is 0 Å². The highest BCUT2D eigenvalue weighted by Gasteiger charge is 2.33. The summed E-state index contributed by atoms with van der Waals surface area (Å²) in [7, 11) is 0. The number of hydrogen-bond donors (Lipinski definition) is 1. The Bertz CT molecular complexity index is 193. The van der Waals surface area contributed by atoms with Crippen molar-refractivity contribution in [1.82, 2.24) is 9.21 Å². The molecular weight excluding hydrogens is 172 g/mol. The van der Waals surface area contributed by atoms with Crippen LogP contribution in [0.5, 0.6) is 0 Å². The SMILES string of the molecule is O=C([C@@H]1CCCN1S)N1CCC1. The minimum absolute atomic E-state index is 0.0635. The zero-order valence-electron chi connectivity index (χ0n) is 7.07. The van der Waals surface area contributed by atoms with E-state index in [0.29, 0.717) is 0 Å². The molecule has 12 heavy (non-hydrogen) atoms. The Balaban J connectivity index is 1.93. The Labute approximate surface area is 78.3 Å². The van der Waals surface area contributed by atoms with Crippen molar-refractivity contribution in [2.45, 2.75) is 25.3 Å². The third kappa shape index (κ3) is 1.33. The Morgan fingerprint density at radius 3 is 2.42 bits per heavy atom. The van der Waals surface area contributed by atoms with Gasteiger partial charge < -0.3 is 4.90 Å². The van der Waals surface area contributed by atoms with Crippen molar-refractivity contribution in [1.29, 1.82) is 0 Å². The first kappa shape index (κ1) is 8.38. The molecule has 3 nitrogen and oxygen atoms in total. The largest absolute Gasteiger partial charge is 0.341 e. The molecule has 2 aliphatic heterocycles. The van der Waals surface area contributed by atoms with E-state index in [1.54, 1.807) is 0 Å². The van der Waals surface area contributed by atoms with Gasteiger partial charge in [-0.3, -0.25) is 4.79 Å². The number of amides is 1. The molecule has 68 valence electrons. The van der Waals surface area contributed by atoms with Crippen LogP contribution in [0.25, 0.3) is 0 Å². The minimum Gasteiger partial charge on any atom is -0.341 e. The molecule has 0 aromatic heterocycles. The molecule has 0 saturated carbocycles. The molecule has 0 spiro atoms. The maximum atomic E-state index is 11.7. The fourth-order valence-corrected chi connectivity index (χ4v) is 2.11. The van der Waals surface area contributed by atoms with Crippen LogP contribution in [-0.4, -0.2) is 40.8 Å². The van der Waals surface area contributed by atoms with E-state index in [1.807, 2.05) is 9.21 Å². The maximum Gasteiger partial charge on any atom is 0.240 e. The third-order valence-electron chi connectivity index (χ3n) is 2.68. The van der Waals surface area contributed by atoms with Gasteiger partial charge in [0.15, 0.2) is 0 Å². The number of thiol groups is 1. The first-order chi connectivity index (χ1) is 5.79. The van der Waals surface area contributed by atoms with Crippen LogP contribution in [0.4, 0.5) is 0 Å². The summed E-state index contributed by atoms with van der Waals surface area (Å²) in [5, 5.41) is 0. The summed E-state index contributed by atoms with van der Waals surface area (Å²) in [6, 6.07) is 0.0635. The lowest BCUT2D eigenvalue weighted by molar-refractivity contribution is -0.137. The number of likely N-dealkylation sites (tertiary alicyclic amines) is 1. The molecule has 0 aromatic carbocycles. The monoisotopic (exact) mass is 186 g/mol. The van der Waals surface area contributed by atoms with E-state index in [4.69, 9.17) is 0 Å². The lowest BCUT2D eigenvalue weighted by Crippen LogP contribution is -2.49. The fraction of sp³-hybridized carbons (Fsp3) is 0.875. The van der Waals surface area contributed by atoms with Gasteiger partial charge in [0.25, 0.3) is 0 Å². The average Bonchev–Trinajstić information content (AvgIpc) is 2.31. The molecule has 0 radical (unpaired) electrons. The van der Waals surface area contributed by atoms with E-state index in [0.717, 1.165) is 32.5 Å². The third-order valence-corrected chi connectivity index (χ3v) is 3.16. The molecule has 2 heterocycles. The zero-order valence-corrected chi connectivity index (χ0v) is 7.96. The molecule has 1 amide bonds. The molecule has 0 N–H and O–H groups in total. The Morgan fingerprint density at radius 2 is 2.00 bits per heavy atom. The summed E-state index contributed by atoms with van der Waals surface area (Å²) in [5.74, 6) is 0.286. The standard InChI is InChI=1S/C8H14N2OS/c11-8(9-4-2-5-9)7-3-1-6-10(7)12/h7,12H,1-6H2/t7-/m0/s1. The van der Waals surface area contributed by atoms with Crippen molar-refractivity contribution in [3.05, 3.63) is 0 Å². The summed E-state index contributed by atoms with van der Waals surface area (Å²) in [4.78, 5) is 13.6. The molecule has 0 bridgehead atoms. The van der Waals surface area contributed by atoms with Crippen LogP contribution >= 0.6 is 12.8 Å². The van der Waals surface area contributed by atoms with Gasteiger partial charge in [0.05, 0.1) is 6.04 Å². The van der Waals surface area contributed by atoms with Crippen molar-refractivity contribution in [2.75, 3.05) is 19.6 Å². The van der Waals surface area contributed by atoms with Crippen LogP contribution < -0.4 is 0 Å². The van der Waals surface area contributed by atoms with Crippen molar-refractivity contribution >= 4 is 18.7 Å². The van der Waals surface area contributed by atoms with Crippen LogP contribution in [0.3, 0.4) is 0 Å². The number of rotatable bonds is 1. The van der Waals surface area contributed by atoms with Crippen LogP contribution in [0.2, 0.25) is 0 Å². The van der Waals surface area contributed by atoms with Crippen molar-refractivity contribution in [3.63, 3.8) is 0 Å². The molecule has 2 fully saturated rings. The van der Waals surface area contributed by atoms with E-state index in [-0.39, 0.29) is 11.9 Å². The minimum atomic E-state index is 0.0635. The lowest BCUT2D eigenvalue weighted by atomic mass is 10.1. The molecule has 2 rings (SSSR count). The topological polar surface area (TPSA) is 23.6 Å². The molecule has 1 atom stereocenters. The second-order valence-corrected chi connectivity index (χ2v) is 4.01. The fourth-order valence-electron chi connectivity index (χ4n) is 1.75. The van der Waals surface area contributed by atoms with Crippen LogP contribution in [-0.2, 0) is 4.79 Å². The van der Waals surface area contributed by atoms with E-state index in [9.17, 15) is 4.79 Å². The van der Waals surface area contributed by atoms with E-state index in [1.165, 1.54) is 6.42 Å².